The molecule has 0 aliphatic carbocycles. The van der Waals surface area contributed by atoms with E-state index in [-0.39, 0.29) is 11.9 Å². The van der Waals surface area contributed by atoms with Crippen LogP contribution < -0.4 is 5.32 Å². The number of thiophene rings is 1. The molecule has 2 rings (SSSR count). The van der Waals surface area contributed by atoms with Crippen LogP contribution in [0.1, 0.15) is 25.3 Å². The molecule has 0 saturated heterocycles. The second kappa shape index (κ2) is 7.53. The van der Waals surface area contributed by atoms with Gasteiger partial charge in [-0.05, 0) is 55.5 Å². The normalized spacial score (nSPS) is 12.6. The first-order valence-corrected chi connectivity index (χ1v) is 7.76. The molecule has 2 N–H and O–H groups in total. The van der Waals surface area contributed by atoms with Crippen molar-refractivity contribution >= 4 is 11.3 Å². The van der Waals surface area contributed by atoms with E-state index < -0.39 is 0 Å². The molecule has 1 heterocycles. The van der Waals surface area contributed by atoms with Crippen molar-refractivity contribution in [2.75, 3.05) is 6.54 Å². The van der Waals surface area contributed by atoms with Crippen molar-refractivity contribution in [3.8, 4) is 10.4 Å². The minimum absolute atomic E-state index is 0.176. The third-order valence-electron chi connectivity index (χ3n) is 3.12. The first kappa shape index (κ1) is 15.2. The zero-order valence-corrected chi connectivity index (χ0v) is 12.4. The van der Waals surface area contributed by atoms with Crippen LogP contribution in [0, 0.1) is 5.82 Å². The van der Waals surface area contributed by atoms with Gasteiger partial charge in [0.25, 0.3) is 0 Å². The van der Waals surface area contributed by atoms with E-state index in [4.69, 9.17) is 0 Å². The van der Waals surface area contributed by atoms with Crippen LogP contribution in [0.2, 0.25) is 0 Å². The molecule has 20 heavy (non-hydrogen) atoms. The van der Waals surface area contributed by atoms with Crippen LogP contribution in [0.5, 0.6) is 0 Å². The Morgan fingerprint density at radius 3 is 2.90 bits per heavy atom. The van der Waals surface area contributed by atoms with E-state index in [1.165, 1.54) is 6.07 Å². The topological polar surface area (TPSA) is 32.3 Å². The van der Waals surface area contributed by atoms with Crippen molar-refractivity contribution in [1.29, 1.82) is 0 Å². The zero-order valence-electron chi connectivity index (χ0n) is 11.6. The van der Waals surface area contributed by atoms with Crippen molar-refractivity contribution in [2.24, 2.45) is 0 Å². The van der Waals surface area contributed by atoms with Crippen LogP contribution in [0.15, 0.2) is 35.7 Å². The Kier molecular flexibility index (Phi) is 5.71. The van der Waals surface area contributed by atoms with Gasteiger partial charge in [-0.25, -0.2) is 4.39 Å². The standard InChI is InChI=1S/C16H20FNOS/c1-12(19)4-2-8-18-11-13-6-7-15(17)14(10-13)16-5-3-9-20-16/h3,5-7,9-10,12,18-19H,2,4,8,11H2,1H3. The van der Waals surface area contributed by atoms with E-state index in [9.17, 15) is 9.50 Å². The van der Waals surface area contributed by atoms with E-state index in [1.54, 1.807) is 18.3 Å². The van der Waals surface area contributed by atoms with Gasteiger partial charge in [0.05, 0.1) is 6.10 Å². The summed E-state index contributed by atoms with van der Waals surface area (Å²) in [5, 5.41) is 14.4. The van der Waals surface area contributed by atoms with Gasteiger partial charge < -0.3 is 10.4 Å². The predicted molar refractivity (Wildman–Crippen MR) is 82.3 cm³/mol. The number of benzene rings is 1. The van der Waals surface area contributed by atoms with Gasteiger partial charge in [-0.15, -0.1) is 11.3 Å². The third-order valence-corrected chi connectivity index (χ3v) is 4.03. The molecule has 2 aromatic rings. The van der Waals surface area contributed by atoms with Gasteiger partial charge in [0.1, 0.15) is 5.82 Å². The van der Waals surface area contributed by atoms with Gasteiger partial charge >= 0.3 is 0 Å². The molecule has 1 atom stereocenters. The molecule has 0 saturated carbocycles. The highest BCUT2D eigenvalue weighted by Gasteiger charge is 2.07. The molecule has 1 aromatic heterocycles. The summed E-state index contributed by atoms with van der Waals surface area (Å²) in [6.45, 7) is 3.38. The van der Waals surface area contributed by atoms with Crippen LogP contribution >= 0.6 is 11.3 Å². The van der Waals surface area contributed by atoms with E-state index in [2.05, 4.69) is 5.32 Å². The van der Waals surface area contributed by atoms with Crippen molar-refractivity contribution < 1.29 is 9.50 Å². The van der Waals surface area contributed by atoms with Gasteiger partial charge in [0.2, 0.25) is 0 Å². The molecular formula is C16H20FNOS. The molecule has 0 radical (unpaired) electrons. The van der Waals surface area contributed by atoms with Crippen LogP contribution in [0.4, 0.5) is 4.39 Å². The molecule has 0 fully saturated rings. The van der Waals surface area contributed by atoms with Gasteiger partial charge in [-0.2, -0.15) is 0 Å². The number of halogens is 1. The van der Waals surface area contributed by atoms with Crippen molar-refractivity contribution in [1.82, 2.24) is 5.32 Å². The average molecular weight is 293 g/mol. The van der Waals surface area contributed by atoms with E-state index in [0.717, 1.165) is 36.4 Å². The summed E-state index contributed by atoms with van der Waals surface area (Å²) in [5.41, 5.74) is 1.75. The number of rotatable bonds is 7. The maximum Gasteiger partial charge on any atom is 0.131 e. The molecule has 1 aromatic carbocycles. The van der Waals surface area contributed by atoms with Gasteiger partial charge in [0, 0.05) is 17.0 Å². The number of nitrogens with one attached hydrogen (secondary N) is 1. The summed E-state index contributed by atoms with van der Waals surface area (Å²) in [7, 11) is 0. The summed E-state index contributed by atoms with van der Waals surface area (Å²) in [5.74, 6) is -0.176. The second-order valence-electron chi connectivity index (χ2n) is 4.96. The fourth-order valence-corrected chi connectivity index (χ4v) is 2.80. The quantitative estimate of drug-likeness (QED) is 0.761. The molecule has 108 valence electrons. The largest absolute Gasteiger partial charge is 0.393 e. The summed E-state index contributed by atoms with van der Waals surface area (Å²) in [6.07, 6.45) is 1.50. The van der Waals surface area contributed by atoms with Crippen molar-refractivity contribution in [3.05, 3.63) is 47.1 Å². The zero-order chi connectivity index (χ0) is 14.4. The van der Waals surface area contributed by atoms with E-state index >= 15 is 0 Å². The lowest BCUT2D eigenvalue weighted by Crippen LogP contribution is -2.16. The van der Waals surface area contributed by atoms with Crippen molar-refractivity contribution in [3.63, 3.8) is 0 Å². The molecule has 2 nitrogen and oxygen atoms in total. The molecule has 0 aliphatic rings. The molecule has 0 amide bonds. The molecule has 4 heteroatoms. The Bertz CT molecular complexity index is 525. The number of hydrogen-bond acceptors (Lipinski definition) is 3. The van der Waals surface area contributed by atoms with E-state index in [1.807, 2.05) is 29.6 Å². The average Bonchev–Trinajstić information content (AvgIpc) is 2.93. The SMILES string of the molecule is CC(O)CCCNCc1ccc(F)c(-c2cccs2)c1. The molecule has 0 spiro atoms. The number of aliphatic hydroxyl groups is 1. The third kappa shape index (κ3) is 4.40. The lowest BCUT2D eigenvalue weighted by molar-refractivity contribution is 0.181. The molecule has 0 bridgehead atoms. The maximum atomic E-state index is 13.8. The number of aliphatic hydroxyl groups excluding tert-OH is 1. The Balaban J connectivity index is 1.91. The molecule has 0 aliphatic heterocycles. The Labute approximate surface area is 123 Å². The van der Waals surface area contributed by atoms with Crippen LogP contribution in [-0.4, -0.2) is 17.8 Å². The first-order chi connectivity index (χ1) is 9.66. The first-order valence-electron chi connectivity index (χ1n) is 6.88. The highest BCUT2D eigenvalue weighted by Crippen LogP contribution is 2.28. The molecular weight excluding hydrogens is 273 g/mol. The van der Waals surface area contributed by atoms with Gasteiger partial charge in [-0.1, -0.05) is 12.1 Å². The maximum absolute atomic E-state index is 13.8. The van der Waals surface area contributed by atoms with E-state index in [0.29, 0.717) is 5.56 Å². The summed E-state index contributed by atoms with van der Waals surface area (Å²) in [6, 6.07) is 9.11. The predicted octanol–water partition coefficient (Wildman–Crippen LogP) is 3.80. The van der Waals surface area contributed by atoms with Crippen molar-refractivity contribution in [2.45, 2.75) is 32.4 Å². The summed E-state index contributed by atoms with van der Waals surface area (Å²) < 4.78 is 13.8. The van der Waals surface area contributed by atoms with Crippen LogP contribution in [-0.2, 0) is 6.54 Å². The summed E-state index contributed by atoms with van der Waals surface area (Å²) >= 11 is 1.55. The highest BCUT2D eigenvalue weighted by molar-refractivity contribution is 7.13. The van der Waals surface area contributed by atoms with Crippen LogP contribution in [0.3, 0.4) is 0 Å². The summed E-state index contributed by atoms with van der Waals surface area (Å²) in [4.78, 5) is 0.957. The van der Waals surface area contributed by atoms with Gasteiger partial charge in [-0.3, -0.25) is 0 Å². The fourth-order valence-electron chi connectivity index (χ4n) is 2.06. The lowest BCUT2D eigenvalue weighted by Gasteiger charge is -2.08. The Morgan fingerprint density at radius 1 is 1.35 bits per heavy atom. The monoisotopic (exact) mass is 293 g/mol. The lowest BCUT2D eigenvalue weighted by atomic mass is 10.1. The highest BCUT2D eigenvalue weighted by atomic mass is 32.1. The number of hydrogen-bond donors (Lipinski definition) is 2. The Morgan fingerprint density at radius 2 is 2.20 bits per heavy atom. The minimum atomic E-state index is -0.243. The minimum Gasteiger partial charge on any atom is -0.393 e. The Hall–Kier alpha value is -1.23. The smallest absolute Gasteiger partial charge is 0.131 e. The fraction of sp³-hybridized carbons (Fsp3) is 0.375. The van der Waals surface area contributed by atoms with Gasteiger partial charge in [0.15, 0.2) is 0 Å². The van der Waals surface area contributed by atoms with Crippen LogP contribution in [0.25, 0.3) is 10.4 Å². The second-order valence-corrected chi connectivity index (χ2v) is 5.91. The molecule has 1 unspecified atom stereocenters.